The highest BCUT2D eigenvalue weighted by atomic mass is 16.4. The van der Waals surface area contributed by atoms with Gasteiger partial charge in [-0.15, -0.1) is 0 Å². The second-order valence-electron chi connectivity index (χ2n) is 4.02. The van der Waals surface area contributed by atoms with Gasteiger partial charge in [-0.05, 0) is 31.0 Å². The molecule has 0 radical (unpaired) electrons. The van der Waals surface area contributed by atoms with Crippen molar-refractivity contribution in [3.63, 3.8) is 0 Å². The van der Waals surface area contributed by atoms with Gasteiger partial charge in [0.1, 0.15) is 0 Å². The summed E-state index contributed by atoms with van der Waals surface area (Å²) in [6, 6.07) is 5.90. The van der Waals surface area contributed by atoms with Gasteiger partial charge in [-0.1, -0.05) is 12.1 Å². The molecule has 17 heavy (non-hydrogen) atoms. The molecule has 0 fully saturated rings. The number of anilines is 1. The number of aromatic nitrogens is 1. The zero-order chi connectivity index (χ0) is 12.4. The first kappa shape index (κ1) is 11.4. The van der Waals surface area contributed by atoms with Crippen molar-refractivity contribution in [1.82, 2.24) is 4.98 Å². The number of hydrogen-bond donors (Lipinski definition) is 1. The SMILES string of the molecule is Cc1ccc(C)c(NC(=O)c2cnc(C)o2)c1. The van der Waals surface area contributed by atoms with E-state index in [9.17, 15) is 4.79 Å². The lowest BCUT2D eigenvalue weighted by Gasteiger charge is -2.07. The Morgan fingerprint density at radius 2 is 2.06 bits per heavy atom. The first-order valence-corrected chi connectivity index (χ1v) is 5.37. The highest BCUT2D eigenvalue weighted by molar-refractivity contribution is 6.02. The molecule has 1 heterocycles. The Labute approximate surface area is 99.7 Å². The Kier molecular flexibility index (Phi) is 2.95. The Balaban J connectivity index is 2.21. The fourth-order valence-corrected chi connectivity index (χ4v) is 1.52. The molecule has 2 rings (SSSR count). The molecule has 88 valence electrons. The molecule has 0 aliphatic rings. The smallest absolute Gasteiger partial charge is 0.293 e. The van der Waals surface area contributed by atoms with E-state index in [0.29, 0.717) is 5.89 Å². The van der Waals surface area contributed by atoms with Crippen molar-refractivity contribution in [1.29, 1.82) is 0 Å². The molecule has 1 aromatic carbocycles. The van der Waals surface area contributed by atoms with Crippen LogP contribution in [-0.4, -0.2) is 10.9 Å². The van der Waals surface area contributed by atoms with Crippen LogP contribution in [0.1, 0.15) is 27.6 Å². The van der Waals surface area contributed by atoms with E-state index in [1.54, 1.807) is 6.92 Å². The van der Waals surface area contributed by atoms with Gasteiger partial charge in [-0.2, -0.15) is 0 Å². The normalized spacial score (nSPS) is 10.3. The number of benzene rings is 1. The molecule has 0 bridgehead atoms. The number of nitrogens with one attached hydrogen (secondary N) is 1. The van der Waals surface area contributed by atoms with Gasteiger partial charge >= 0.3 is 0 Å². The first-order chi connectivity index (χ1) is 8.06. The van der Waals surface area contributed by atoms with E-state index in [-0.39, 0.29) is 11.7 Å². The van der Waals surface area contributed by atoms with Crippen molar-refractivity contribution in [2.45, 2.75) is 20.8 Å². The second-order valence-corrected chi connectivity index (χ2v) is 4.02. The number of carbonyl (C=O) groups excluding carboxylic acids is 1. The van der Waals surface area contributed by atoms with Crippen molar-refractivity contribution in [3.8, 4) is 0 Å². The van der Waals surface area contributed by atoms with E-state index in [1.165, 1.54) is 6.20 Å². The van der Waals surface area contributed by atoms with E-state index < -0.39 is 0 Å². The fraction of sp³-hybridized carbons (Fsp3) is 0.231. The predicted octanol–water partition coefficient (Wildman–Crippen LogP) is 2.85. The maximum atomic E-state index is 11.8. The van der Waals surface area contributed by atoms with Crippen LogP contribution in [0.25, 0.3) is 0 Å². The van der Waals surface area contributed by atoms with Crippen LogP contribution < -0.4 is 5.32 Å². The Morgan fingerprint density at radius 1 is 1.29 bits per heavy atom. The highest BCUT2D eigenvalue weighted by Gasteiger charge is 2.12. The van der Waals surface area contributed by atoms with Crippen molar-refractivity contribution in [2.75, 3.05) is 5.32 Å². The molecule has 4 nitrogen and oxygen atoms in total. The lowest BCUT2D eigenvalue weighted by Crippen LogP contribution is -2.12. The Hall–Kier alpha value is -2.10. The van der Waals surface area contributed by atoms with Gasteiger partial charge in [-0.3, -0.25) is 4.79 Å². The lowest BCUT2D eigenvalue weighted by atomic mass is 10.1. The van der Waals surface area contributed by atoms with Gasteiger partial charge in [0.25, 0.3) is 5.91 Å². The molecule has 2 aromatic rings. The quantitative estimate of drug-likeness (QED) is 0.863. The van der Waals surface area contributed by atoms with Gasteiger partial charge in [0.15, 0.2) is 5.89 Å². The summed E-state index contributed by atoms with van der Waals surface area (Å²) in [6.45, 7) is 5.63. The van der Waals surface area contributed by atoms with Crippen LogP contribution in [0.4, 0.5) is 5.69 Å². The van der Waals surface area contributed by atoms with Crippen molar-refractivity contribution < 1.29 is 9.21 Å². The third-order valence-electron chi connectivity index (χ3n) is 2.49. The largest absolute Gasteiger partial charge is 0.436 e. The molecule has 1 amide bonds. The maximum Gasteiger partial charge on any atom is 0.293 e. The zero-order valence-corrected chi connectivity index (χ0v) is 10.1. The molecule has 0 saturated heterocycles. The van der Waals surface area contributed by atoms with Gasteiger partial charge in [0, 0.05) is 12.6 Å². The minimum Gasteiger partial charge on any atom is -0.436 e. The minimum absolute atomic E-state index is 0.225. The summed E-state index contributed by atoms with van der Waals surface area (Å²) < 4.78 is 5.16. The molecular formula is C13H14N2O2. The topological polar surface area (TPSA) is 55.1 Å². The van der Waals surface area contributed by atoms with Crippen molar-refractivity contribution in [2.24, 2.45) is 0 Å². The monoisotopic (exact) mass is 230 g/mol. The number of rotatable bonds is 2. The predicted molar refractivity (Wildman–Crippen MR) is 65.1 cm³/mol. The van der Waals surface area contributed by atoms with E-state index in [2.05, 4.69) is 10.3 Å². The summed E-state index contributed by atoms with van der Waals surface area (Å²) in [7, 11) is 0. The van der Waals surface area contributed by atoms with E-state index in [1.807, 2.05) is 32.0 Å². The standard InChI is InChI=1S/C13H14N2O2/c1-8-4-5-9(2)11(6-8)15-13(16)12-7-14-10(3)17-12/h4-7H,1-3H3,(H,15,16). The van der Waals surface area contributed by atoms with Crippen LogP contribution in [0.3, 0.4) is 0 Å². The number of nitrogens with zero attached hydrogens (tertiary/aromatic N) is 1. The summed E-state index contributed by atoms with van der Waals surface area (Å²) in [5.41, 5.74) is 2.91. The van der Waals surface area contributed by atoms with Gasteiger partial charge in [0.2, 0.25) is 5.76 Å². The molecule has 0 spiro atoms. The molecule has 4 heteroatoms. The number of aryl methyl sites for hydroxylation is 3. The first-order valence-electron chi connectivity index (χ1n) is 5.37. The fourth-order valence-electron chi connectivity index (χ4n) is 1.52. The molecule has 0 saturated carbocycles. The van der Waals surface area contributed by atoms with E-state index >= 15 is 0 Å². The van der Waals surface area contributed by atoms with Crippen LogP contribution in [0.2, 0.25) is 0 Å². The van der Waals surface area contributed by atoms with Crippen LogP contribution >= 0.6 is 0 Å². The van der Waals surface area contributed by atoms with Crippen molar-refractivity contribution in [3.05, 3.63) is 47.2 Å². The minimum atomic E-state index is -0.278. The molecule has 0 aliphatic carbocycles. The van der Waals surface area contributed by atoms with Crippen LogP contribution in [0.15, 0.2) is 28.8 Å². The van der Waals surface area contributed by atoms with Gasteiger partial charge < -0.3 is 9.73 Å². The number of oxazole rings is 1. The molecule has 1 aromatic heterocycles. The number of carbonyl (C=O) groups is 1. The van der Waals surface area contributed by atoms with E-state index in [0.717, 1.165) is 16.8 Å². The Bertz CT molecular complexity index is 558. The summed E-state index contributed by atoms with van der Waals surface area (Å²) >= 11 is 0. The summed E-state index contributed by atoms with van der Waals surface area (Å²) in [6.07, 6.45) is 1.43. The lowest BCUT2D eigenvalue weighted by molar-refractivity contribution is 0.0995. The number of amides is 1. The molecule has 0 aliphatic heterocycles. The van der Waals surface area contributed by atoms with Crippen LogP contribution in [-0.2, 0) is 0 Å². The summed E-state index contributed by atoms with van der Waals surface area (Å²) in [5.74, 6) is 0.429. The third-order valence-corrected chi connectivity index (χ3v) is 2.49. The average molecular weight is 230 g/mol. The molecule has 0 unspecified atom stereocenters. The summed E-state index contributed by atoms with van der Waals surface area (Å²) in [4.78, 5) is 15.7. The highest BCUT2D eigenvalue weighted by Crippen LogP contribution is 2.17. The second kappa shape index (κ2) is 4.41. The van der Waals surface area contributed by atoms with Gasteiger partial charge in [-0.25, -0.2) is 4.98 Å². The van der Waals surface area contributed by atoms with Gasteiger partial charge in [0.05, 0.1) is 6.20 Å². The summed E-state index contributed by atoms with van der Waals surface area (Å²) in [5, 5.41) is 2.81. The molecular weight excluding hydrogens is 216 g/mol. The van der Waals surface area contributed by atoms with Crippen LogP contribution in [0.5, 0.6) is 0 Å². The van der Waals surface area contributed by atoms with E-state index in [4.69, 9.17) is 4.42 Å². The Morgan fingerprint density at radius 3 is 2.71 bits per heavy atom. The molecule has 0 atom stereocenters. The third kappa shape index (κ3) is 2.53. The zero-order valence-electron chi connectivity index (χ0n) is 10.1. The molecule has 1 N–H and O–H groups in total. The van der Waals surface area contributed by atoms with Crippen molar-refractivity contribution >= 4 is 11.6 Å². The number of hydrogen-bond acceptors (Lipinski definition) is 3. The average Bonchev–Trinajstić information content (AvgIpc) is 2.70. The maximum absolute atomic E-state index is 11.8. The van der Waals surface area contributed by atoms with Crippen LogP contribution in [0, 0.1) is 20.8 Å².